The molecular weight excluding hydrogens is 744 g/mol. The second-order valence-electron chi connectivity index (χ2n) is 15.7. The van der Waals surface area contributed by atoms with Gasteiger partial charge in [-0.25, -0.2) is 4.57 Å². The lowest BCUT2D eigenvalue weighted by atomic mass is 10.1. The Hall–Kier alpha value is -2.84. The van der Waals surface area contributed by atoms with Crippen LogP contribution in [0.2, 0.25) is 0 Å². The van der Waals surface area contributed by atoms with Crippen LogP contribution in [-0.4, -0.2) is 73.4 Å². The molecule has 330 valence electrons. The van der Waals surface area contributed by atoms with Gasteiger partial charge in [-0.2, -0.15) is 0 Å². The maximum absolute atomic E-state index is 12.7. The van der Waals surface area contributed by atoms with Gasteiger partial charge >= 0.3 is 7.82 Å². The van der Waals surface area contributed by atoms with Crippen LogP contribution in [0.15, 0.2) is 109 Å². The third kappa shape index (κ3) is 41.3. The van der Waals surface area contributed by atoms with Crippen molar-refractivity contribution in [1.82, 2.24) is 5.32 Å². The van der Waals surface area contributed by atoms with Crippen molar-refractivity contribution < 1.29 is 32.9 Å². The van der Waals surface area contributed by atoms with Gasteiger partial charge in [-0.05, 0) is 77.0 Å². The van der Waals surface area contributed by atoms with Gasteiger partial charge in [0.15, 0.2) is 0 Å². The van der Waals surface area contributed by atoms with E-state index in [1.165, 1.54) is 25.7 Å². The zero-order valence-corrected chi connectivity index (χ0v) is 38.1. The zero-order valence-electron chi connectivity index (χ0n) is 37.2. The predicted octanol–water partition coefficient (Wildman–Crippen LogP) is 12.5. The largest absolute Gasteiger partial charge is 0.472 e. The van der Waals surface area contributed by atoms with Crippen LogP contribution < -0.4 is 5.32 Å². The number of nitrogens with zero attached hydrogens (tertiary/aromatic N) is 1. The molecule has 0 heterocycles. The highest BCUT2D eigenvalue weighted by Gasteiger charge is 2.27. The molecule has 0 saturated heterocycles. The number of carbonyl (C=O) groups is 1. The second-order valence-corrected chi connectivity index (χ2v) is 17.1. The minimum Gasteiger partial charge on any atom is -0.387 e. The quantitative estimate of drug-likeness (QED) is 0.0248. The van der Waals surface area contributed by atoms with Crippen molar-refractivity contribution in [3.05, 3.63) is 109 Å². The monoisotopic (exact) mass is 828 g/mol. The first-order valence-electron chi connectivity index (χ1n) is 22.3. The molecule has 3 unspecified atom stereocenters. The molecule has 0 bridgehead atoms. The number of allylic oxidation sites excluding steroid dienone is 17. The molecule has 0 aromatic heterocycles. The molecule has 0 rings (SSSR count). The van der Waals surface area contributed by atoms with Crippen LogP contribution in [0, 0.1) is 0 Å². The van der Waals surface area contributed by atoms with Gasteiger partial charge in [0.05, 0.1) is 39.9 Å². The van der Waals surface area contributed by atoms with E-state index in [-0.39, 0.29) is 19.1 Å². The van der Waals surface area contributed by atoms with Crippen LogP contribution in [0.25, 0.3) is 0 Å². The van der Waals surface area contributed by atoms with Gasteiger partial charge in [0.1, 0.15) is 13.2 Å². The summed E-state index contributed by atoms with van der Waals surface area (Å²) in [4.78, 5) is 22.8. The van der Waals surface area contributed by atoms with E-state index in [0.29, 0.717) is 17.4 Å². The van der Waals surface area contributed by atoms with E-state index in [9.17, 15) is 19.4 Å². The fraction of sp³-hybridized carbons (Fsp3) is 0.612. The van der Waals surface area contributed by atoms with E-state index in [1.54, 1.807) is 6.08 Å². The first-order valence-corrected chi connectivity index (χ1v) is 23.8. The van der Waals surface area contributed by atoms with E-state index in [4.69, 9.17) is 9.05 Å². The van der Waals surface area contributed by atoms with Gasteiger partial charge < -0.3 is 19.8 Å². The highest BCUT2D eigenvalue weighted by molar-refractivity contribution is 7.47. The summed E-state index contributed by atoms with van der Waals surface area (Å²) in [5.74, 6) is -0.205. The Labute approximate surface area is 355 Å². The molecule has 0 aliphatic rings. The normalized spacial score (nSPS) is 15.4. The molecule has 58 heavy (non-hydrogen) atoms. The lowest BCUT2D eigenvalue weighted by molar-refractivity contribution is -0.870. The molecule has 3 N–H and O–H groups in total. The summed E-state index contributed by atoms with van der Waals surface area (Å²) in [5, 5.41) is 13.4. The van der Waals surface area contributed by atoms with Crippen molar-refractivity contribution >= 4 is 13.7 Å². The van der Waals surface area contributed by atoms with E-state index in [2.05, 4.69) is 109 Å². The highest BCUT2D eigenvalue weighted by atomic mass is 31.2. The van der Waals surface area contributed by atoms with Crippen molar-refractivity contribution in [2.24, 2.45) is 0 Å². The van der Waals surface area contributed by atoms with Gasteiger partial charge in [0, 0.05) is 6.42 Å². The summed E-state index contributed by atoms with van der Waals surface area (Å²) in [6.07, 6.45) is 58.3. The van der Waals surface area contributed by atoms with Crippen molar-refractivity contribution in [3.63, 3.8) is 0 Å². The first kappa shape index (κ1) is 55.2. The fourth-order valence-corrected chi connectivity index (χ4v) is 6.21. The SMILES string of the molecule is CC/C=C\C/C=C\C/C=C\C/C=C\C/C=C\C/C=C\C/C=C\C/C=C\CCCCCCCCCCC(=O)NC(COP(=O)(O)OCC[N+](C)(C)C)C(O)/C=C/CCC. The van der Waals surface area contributed by atoms with Crippen LogP contribution in [0.5, 0.6) is 0 Å². The van der Waals surface area contributed by atoms with E-state index in [1.807, 2.05) is 34.1 Å². The Morgan fingerprint density at radius 1 is 0.603 bits per heavy atom. The van der Waals surface area contributed by atoms with Crippen LogP contribution >= 0.6 is 7.82 Å². The molecule has 0 spiro atoms. The maximum Gasteiger partial charge on any atom is 0.472 e. The number of aliphatic hydroxyl groups is 1. The Bertz CT molecular complexity index is 1300. The first-order chi connectivity index (χ1) is 28.0. The number of hydrogen-bond donors (Lipinski definition) is 3. The maximum atomic E-state index is 12.7. The number of carbonyl (C=O) groups excluding carboxylic acids is 1. The van der Waals surface area contributed by atoms with Crippen LogP contribution in [0.1, 0.15) is 142 Å². The third-order valence-electron chi connectivity index (χ3n) is 8.98. The molecule has 0 aliphatic carbocycles. The van der Waals surface area contributed by atoms with Crippen LogP contribution in [0.3, 0.4) is 0 Å². The average Bonchev–Trinajstić information content (AvgIpc) is 3.17. The number of phosphoric acid groups is 1. The Kier molecular flexibility index (Phi) is 37.7. The van der Waals surface area contributed by atoms with E-state index < -0.39 is 20.0 Å². The van der Waals surface area contributed by atoms with Crippen molar-refractivity contribution in [2.75, 3.05) is 40.9 Å². The van der Waals surface area contributed by atoms with E-state index >= 15 is 0 Å². The molecule has 3 atom stereocenters. The minimum atomic E-state index is -4.32. The minimum absolute atomic E-state index is 0.0519. The van der Waals surface area contributed by atoms with Crippen molar-refractivity contribution in [3.8, 4) is 0 Å². The van der Waals surface area contributed by atoms with Gasteiger partial charge in [0.2, 0.25) is 5.91 Å². The lowest BCUT2D eigenvalue weighted by Crippen LogP contribution is -2.45. The second kappa shape index (κ2) is 39.6. The summed E-state index contributed by atoms with van der Waals surface area (Å²) in [7, 11) is 1.54. The molecule has 9 heteroatoms. The predicted molar refractivity (Wildman–Crippen MR) is 249 cm³/mol. The smallest absolute Gasteiger partial charge is 0.387 e. The Morgan fingerprint density at radius 2 is 1.03 bits per heavy atom. The molecule has 8 nitrogen and oxygen atoms in total. The lowest BCUT2D eigenvalue weighted by Gasteiger charge is -2.25. The number of amides is 1. The van der Waals surface area contributed by atoms with E-state index in [0.717, 1.165) is 96.3 Å². The number of likely N-dealkylation sites (N-methyl/N-ethyl adjacent to an activating group) is 1. The number of aliphatic hydroxyl groups excluding tert-OH is 1. The molecule has 0 aliphatic heterocycles. The van der Waals surface area contributed by atoms with Crippen LogP contribution in [-0.2, 0) is 18.4 Å². The van der Waals surface area contributed by atoms with Gasteiger partial charge in [-0.3, -0.25) is 13.8 Å². The zero-order chi connectivity index (χ0) is 42.8. The van der Waals surface area contributed by atoms with Gasteiger partial charge in [-0.1, -0.05) is 168 Å². The number of phosphoric ester groups is 1. The number of hydrogen-bond acceptors (Lipinski definition) is 5. The molecule has 0 saturated carbocycles. The number of nitrogens with one attached hydrogen (secondary N) is 1. The van der Waals surface area contributed by atoms with Crippen molar-refractivity contribution in [2.45, 2.75) is 154 Å². The summed E-state index contributed by atoms with van der Waals surface area (Å²) in [5.41, 5.74) is 0. The standard InChI is InChI=1S/C49H83N2O6P/c1-6-8-10-11-12-13-14-15-16-17-18-19-20-21-22-23-24-25-26-27-28-29-30-31-32-33-34-35-36-37-38-39-41-43-49(53)50-47(48(52)42-40-9-7-2)46-57-58(54,55)56-45-44-51(3,4)5/h8,10,12-13,15-16,18-19,21-22,24-25,27-28,30-31,40,42,47-48,52H,6-7,9,11,14,17,20,23,26,29,32-39,41,43-46H2,1-5H3,(H-,50,53,54,55)/p+1/b10-8-,13-12-,16-15-,19-18-,22-21-,25-24-,28-27-,31-30-,42-40+. The number of rotatable bonds is 38. The highest BCUT2D eigenvalue weighted by Crippen LogP contribution is 2.43. The van der Waals surface area contributed by atoms with Gasteiger partial charge in [-0.15, -0.1) is 0 Å². The molecule has 0 aromatic carbocycles. The Balaban J connectivity index is 3.95. The number of unbranched alkanes of at least 4 members (excludes halogenated alkanes) is 9. The molecular formula is C49H84N2O6P+. The third-order valence-corrected chi connectivity index (χ3v) is 9.96. The summed E-state index contributed by atoms with van der Waals surface area (Å²) in [6, 6.07) is -0.853. The summed E-state index contributed by atoms with van der Waals surface area (Å²) < 4.78 is 23.2. The van der Waals surface area contributed by atoms with Crippen molar-refractivity contribution in [1.29, 1.82) is 0 Å². The molecule has 0 aromatic rings. The molecule has 0 radical (unpaired) electrons. The Morgan fingerprint density at radius 3 is 1.48 bits per heavy atom. The van der Waals surface area contributed by atoms with Gasteiger partial charge in [0.25, 0.3) is 0 Å². The summed E-state index contributed by atoms with van der Waals surface area (Å²) >= 11 is 0. The summed E-state index contributed by atoms with van der Waals surface area (Å²) in [6.45, 7) is 4.44. The average molecular weight is 828 g/mol. The fourth-order valence-electron chi connectivity index (χ4n) is 5.47. The topological polar surface area (TPSA) is 105 Å². The number of quaternary nitrogens is 1. The molecule has 0 fully saturated rings. The molecule has 1 amide bonds. The van der Waals surface area contributed by atoms with Crippen LogP contribution in [0.4, 0.5) is 0 Å².